The lowest BCUT2D eigenvalue weighted by atomic mass is 9.97. The van der Waals surface area contributed by atoms with Crippen LogP contribution >= 0.6 is 0 Å². The maximum atomic E-state index is 9.16. The molecule has 3 rings (SSSR count). The topological polar surface area (TPSA) is 85.7 Å². The molecule has 0 bridgehead atoms. The summed E-state index contributed by atoms with van der Waals surface area (Å²) in [5, 5.41) is 4.04. The molecule has 2 aromatic carbocycles. The molecule has 1 aliphatic rings. The van der Waals surface area contributed by atoms with Gasteiger partial charge in [-0.15, -0.1) is 0 Å². The monoisotopic (exact) mass is 409 g/mol. The Hall–Kier alpha value is -2.99. The van der Waals surface area contributed by atoms with Gasteiger partial charge >= 0.3 is 0 Å². The quantitative estimate of drug-likeness (QED) is 0.342. The van der Waals surface area contributed by atoms with Crippen LogP contribution in [0.25, 0.3) is 16.5 Å². The molecule has 0 N–H and O–H groups in total. The number of nitrogens with zero attached hydrogens (tertiary/aromatic N) is 3. The van der Waals surface area contributed by atoms with Crippen molar-refractivity contribution in [1.29, 1.82) is 0 Å². The predicted octanol–water partition coefficient (Wildman–Crippen LogP) is 5.16. The van der Waals surface area contributed by atoms with Gasteiger partial charge in [0.2, 0.25) is 0 Å². The van der Waals surface area contributed by atoms with Gasteiger partial charge in [-0.2, -0.15) is 0 Å². The van der Waals surface area contributed by atoms with E-state index in [0.717, 1.165) is 22.6 Å². The molecule has 0 amide bonds. The highest BCUT2D eigenvalue weighted by molar-refractivity contribution is 5.52. The third-order valence-electron chi connectivity index (χ3n) is 4.89. The SMILES string of the molecule is COc1cccc(/C=C/[C@@H]2OC(C)(C)O[C@H]2[C@@H](Cc2cccc(OC)c2)N=[N+]=[N-])c1. The lowest BCUT2D eigenvalue weighted by molar-refractivity contribution is -0.144. The van der Waals surface area contributed by atoms with Crippen LogP contribution in [0.5, 0.6) is 11.5 Å². The van der Waals surface area contributed by atoms with Gasteiger partial charge in [0, 0.05) is 4.91 Å². The second kappa shape index (κ2) is 9.67. The first kappa shape index (κ1) is 21.7. The number of azide groups is 1. The van der Waals surface area contributed by atoms with Crippen molar-refractivity contribution in [3.05, 3.63) is 76.2 Å². The van der Waals surface area contributed by atoms with E-state index in [2.05, 4.69) is 10.0 Å². The molecule has 2 aromatic rings. The molecule has 0 saturated carbocycles. The minimum atomic E-state index is -0.786. The van der Waals surface area contributed by atoms with Crippen molar-refractivity contribution in [2.75, 3.05) is 14.2 Å². The molecule has 7 nitrogen and oxygen atoms in total. The molecule has 0 aliphatic carbocycles. The molecule has 158 valence electrons. The van der Waals surface area contributed by atoms with Gasteiger partial charge in [0.1, 0.15) is 17.6 Å². The average molecular weight is 409 g/mol. The summed E-state index contributed by atoms with van der Waals surface area (Å²) < 4.78 is 22.8. The number of ether oxygens (including phenoxy) is 4. The Balaban J connectivity index is 1.84. The minimum Gasteiger partial charge on any atom is -0.497 e. The molecule has 0 spiro atoms. The van der Waals surface area contributed by atoms with E-state index in [1.165, 1.54) is 0 Å². The van der Waals surface area contributed by atoms with Gasteiger partial charge in [-0.1, -0.05) is 41.5 Å². The van der Waals surface area contributed by atoms with Gasteiger partial charge in [0.05, 0.1) is 26.4 Å². The molecule has 1 aliphatic heterocycles. The van der Waals surface area contributed by atoms with Gasteiger partial charge in [-0.25, -0.2) is 0 Å². The van der Waals surface area contributed by atoms with Crippen LogP contribution < -0.4 is 9.47 Å². The molecular weight excluding hydrogens is 382 g/mol. The van der Waals surface area contributed by atoms with Crippen molar-refractivity contribution >= 4 is 6.08 Å². The molecule has 1 heterocycles. The Kier molecular flexibility index (Phi) is 7.00. The van der Waals surface area contributed by atoms with E-state index in [1.54, 1.807) is 14.2 Å². The van der Waals surface area contributed by atoms with Crippen molar-refractivity contribution in [3.8, 4) is 11.5 Å². The second-order valence-corrected chi connectivity index (χ2v) is 7.53. The number of methoxy groups -OCH3 is 2. The molecule has 30 heavy (non-hydrogen) atoms. The van der Waals surface area contributed by atoms with Crippen molar-refractivity contribution < 1.29 is 18.9 Å². The summed E-state index contributed by atoms with van der Waals surface area (Å²) >= 11 is 0. The Bertz CT molecular complexity index is 938. The van der Waals surface area contributed by atoms with Crippen LogP contribution in [0, 0.1) is 0 Å². The van der Waals surface area contributed by atoms with Gasteiger partial charge in [0.25, 0.3) is 0 Å². The van der Waals surface area contributed by atoms with Crippen LogP contribution in [-0.2, 0) is 15.9 Å². The molecule has 0 aromatic heterocycles. The van der Waals surface area contributed by atoms with Gasteiger partial charge in [-0.3, -0.25) is 0 Å². The summed E-state index contributed by atoms with van der Waals surface area (Å²) in [5.74, 6) is 0.749. The molecule has 7 heteroatoms. The van der Waals surface area contributed by atoms with Crippen molar-refractivity contribution in [1.82, 2.24) is 0 Å². The molecule has 1 fully saturated rings. The van der Waals surface area contributed by atoms with Crippen molar-refractivity contribution in [3.63, 3.8) is 0 Å². The van der Waals surface area contributed by atoms with Crippen LogP contribution in [0.15, 0.2) is 59.7 Å². The van der Waals surface area contributed by atoms with E-state index in [0.29, 0.717) is 6.42 Å². The third-order valence-corrected chi connectivity index (χ3v) is 4.89. The van der Waals surface area contributed by atoms with E-state index >= 15 is 0 Å². The highest BCUT2D eigenvalue weighted by Crippen LogP contribution is 2.33. The van der Waals surface area contributed by atoms with Crippen LogP contribution in [0.3, 0.4) is 0 Å². The summed E-state index contributed by atoms with van der Waals surface area (Å²) in [6.45, 7) is 3.72. The smallest absolute Gasteiger partial charge is 0.164 e. The number of hydrogen-bond donors (Lipinski definition) is 0. The fourth-order valence-corrected chi connectivity index (χ4v) is 3.54. The standard InChI is InChI=1S/C23H27N3O4/c1-23(2)29-21(12-11-16-7-5-9-18(13-16)27-3)22(30-23)20(25-26-24)15-17-8-6-10-19(14-17)28-4/h5-14,20-22H,15H2,1-4H3/b12-11+/t20-,21+,22+/m1/s1. The van der Waals surface area contributed by atoms with Crippen LogP contribution in [0.2, 0.25) is 0 Å². The second-order valence-electron chi connectivity index (χ2n) is 7.53. The normalized spacial score (nSPS) is 21.2. The van der Waals surface area contributed by atoms with Crippen molar-refractivity contribution in [2.24, 2.45) is 5.11 Å². The van der Waals surface area contributed by atoms with E-state index in [4.69, 9.17) is 24.5 Å². The maximum Gasteiger partial charge on any atom is 0.164 e. The summed E-state index contributed by atoms with van der Waals surface area (Å²) in [4.78, 5) is 3.06. The minimum absolute atomic E-state index is 0.368. The zero-order valence-corrected chi connectivity index (χ0v) is 17.7. The fraction of sp³-hybridized carbons (Fsp3) is 0.391. The molecular formula is C23H27N3O4. The Morgan fingerprint density at radius 3 is 2.50 bits per heavy atom. The van der Waals surface area contributed by atoms with Gasteiger partial charge in [-0.05, 0) is 61.2 Å². The van der Waals surface area contributed by atoms with Crippen LogP contribution in [0.4, 0.5) is 0 Å². The van der Waals surface area contributed by atoms with Crippen LogP contribution in [0.1, 0.15) is 25.0 Å². The highest BCUT2D eigenvalue weighted by atomic mass is 16.8. The van der Waals surface area contributed by atoms with E-state index in [-0.39, 0.29) is 6.10 Å². The summed E-state index contributed by atoms with van der Waals surface area (Å²) in [5.41, 5.74) is 11.1. The Morgan fingerprint density at radius 2 is 1.80 bits per heavy atom. The van der Waals surface area contributed by atoms with Gasteiger partial charge < -0.3 is 18.9 Å². The van der Waals surface area contributed by atoms with Crippen LogP contribution in [-0.4, -0.2) is 38.3 Å². The third kappa shape index (κ3) is 5.54. The summed E-state index contributed by atoms with van der Waals surface area (Å²) in [7, 11) is 3.26. The molecule has 0 radical (unpaired) electrons. The number of benzene rings is 2. The lowest BCUT2D eigenvalue weighted by Crippen LogP contribution is -2.34. The maximum absolute atomic E-state index is 9.16. The van der Waals surface area contributed by atoms with Gasteiger partial charge in [0.15, 0.2) is 5.79 Å². The Labute approximate surface area is 176 Å². The average Bonchev–Trinajstić information content (AvgIpc) is 3.06. The lowest BCUT2D eigenvalue weighted by Gasteiger charge is -2.22. The largest absolute Gasteiger partial charge is 0.497 e. The van der Waals surface area contributed by atoms with E-state index < -0.39 is 17.9 Å². The van der Waals surface area contributed by atoms with E-state index in [9.17, 15) is 0 Å². The Morgan fingerprint density at radius 1 is 1.10 bits per heavy atom. The first-order valence-electron chi connectivity index (χ1n) is 9.79. The zero-order chi connectivity index (χ0) is 21.6. The zero-order valence-electron chi connectivity index (χ0n) is 17.7. The molecule has 0 unspecified atom stereocenters. The predicted molar refractivity (Wildman–Crippen MR) is 115 cm³/mol. The number of rotatable bonds is 8. The summed E-state index contributed by atoms with van der Waals surface area (Å²) in [6, 6.07) is 15.0. The fourth-order valence-electron chi connectivity index (χ4n) is 3.54. The summed E-state index contributed by atoms with van der Waals surface area (Å²) in [6.07, 6.45) is 3.62. The molecule has 3 atom stereocenters. The first-order chi connectivity index (χ1) is 14.4. The first-order valence-corrected chi connectivity index (χ1v) is 9.79. The highest BCUT2D eigenvalue weighted by Gasteiger charge is 2.43. The van der Waals surface area contributed by atoms with E-state index in [1.807, 2.05) is 74.5 Å². The number of hydrogen-bond acceptors (Lipinski definition) is 5. The van der Waals surface area contributed by atoms with Crippen molar-refractivity contribution in [2.45, 2.75) is 44.3 Å². The molecule has 1 saturated heterocycles.